The van der Waals surface area contributed by atoms with Crippen molar-refractivity contribution in [1.29, 1.82) is 5.41 Å². The Hall–Kier alpha value is -0.830. The second-order valence-corrected chi connectivity index (χ2v) is 3.93. The van der Waals surface area contributed by atoms with E-state index in [4.69, 9.17) is 11.1 Å². The maximum absolute atomic E-state index is 7.79. The molecule has 0 bridgehead atoms. The summed E-state index contributed by atoms with van der Waals surface area (Å²) in [6, 6.07) is 0.343. The highest BCUT2D eigenvalue weighted by molar-refractivity contribution is 5.90. The van der Waals surface area contributed by atoms with Crippen LogP contribution in [-0.2, 0) is 0 Å². The quantitative estimate of drug-likeness (QED) is 0.474. The maximum Gasteiger partial charge on any atom is 0.120 e. The van der Waals surface area contributed by atoms with Crippen LogP contribution in [0.4, 0.5) is 0 Å². The van der Waals surface area contributed by atoms with Gasteiger partial charge in [-0.3, -0.25) is 5.41 Å². The number of rotatable bonds is 1. The molecule has 0 aromatic rings. The molecule has 0 amide bonds. The van der Waals surface area contributed by atoms with Crippen LogP contribution < -0.4 is 5.73 Å². The largest absolute Gasteiger partial charge is 0.357 e. The van der Waals surface area contributed by atoms with Gasteiger partial charge in [0, 0.05) is 19.1 Å². The molecule has 13 heavy (non-hydrogen) atoms. The number of piperidine rings is 1. The van der Waals surface area contributed by atoms with Crippen molar-refractivity contribution < 1.29 is 0 Å². The van der Waals surface area contributed by atoms with Crippen molar-refractivity contribution in [3.05, 3.63) is 11.6 Å². The Balaban J connectivity index is 2.45. The minimum atomic E-state index is 0.343. The van der Waals surface area contributed by atoms with E-state index < -0.39 is 0 Å². The molecule has 3 heteroatoms. The van der Waals surface area contributed by atoms with Crippen LogP contribution in [0.5, 0.6) is 0 Å². The van der Waals surface area contributed by atoms with Gasteiger partial charge < -0.3 is 10.6 Å². The molecule has 0 aromatic carbocycles. The lowest BCUT2D eigenvalue weighted by Gasteiger charge is -2.31. The van der Waals surface area contributed by atoms with Crippen molar-refractivity contribution in [2.45, 2.75) is 32.7 Å². The molecular formula is C10H19N3. The molecule has 74 valence electrons. The number of allylic oxidation sites excluding steroid dienone is 1. The molecule has 1 aliphatic rings. The fourth-order valence-electron chi connectivity index (χ4n) is 1.51. The highest BCUT2D eigenvalue weighted by Gasteiger charge is 2.16. The minimum Gasteiger partial charge on any atom is -0.357 e. The molecule has 1 saturated heterocycles. The van der Waals surface area contributed by atoms with Gasteiger partial charge in [-0.2, -0.15) is 0 Å². The molecule has 3 N–H and O–H groups in total. The van der Waals surface area contributed by atoms with Crippen molar-refractivity contribution in [3.63, 3.8) is 0 Å². The number of nitrogens with two attached hydrogens (primary N) is 1. The van der Waals surface area contributed by atoms with Crippen LogP contribution in [0.15, 0.2) is 11.6 Å². The van der Waals surface area contributed by atoms with Gasteiger partial charge in [0.2, 0.25) is 0 Å². The van der Waals surface area contributed by atoms with Gasteiger partial charge in [0.05, 0.1) is 0 Å². The second kappa shape index (κ2) is 4.42. The Kier molecular flexibility index (Phi) is 3.48. The lowest BCUT2D eigenvalue weighted by Crippen LogP contribution is -2.42. The van der Waals surface area contributed by atoms with Gasteiger partial charge in [0.25, 0.3) is 0 Å². The molecule has 1 fully saturated rings. The summed E-state index contributed by atoms with van der Waals surface area (Å²) < 4.78 is 0. The zero-order valence-corrected chi connectivity index (χ0v) is 8.51. The molecule has 1 rings (SSSR count). The summed E-state index contributed by atoms with van der Waals surface area (Å²) in [6.45, 7) is 5.90. The number of likely N-dealkylation sites (tertiary alicyclic amines) is 1. The molecule has 0 atom stereocenters. The Morgan fingerprint density at radius 2 is 1.92 bits per heavy atom. The highest BCUT2D eigenvalue weighted by Crippen LogP contribution is 2.09. The first-order valence-electron chi connectivity index (χ1n) is 4.83. The molecule has 3 nitrogen and oxygen atoms in total. The van der Waals surface area contributed by atoms with Gasteiger partial charge in [-0.1, -0.05) is 5.57 Å². The van der Waals surface area contributed by atoms with Crippen molar-refractivity contribution in [1.82, 2.24) is 4.90 Å². The highest BCUT2D eigenvalue weighted by atomic mass is 15.2. The summed E-state index contributed by atoms with van der Waals surface area (Å²) in [5.41, 5.74) is 6.97. The van der Waals surface area contributed by atoms with Crippen LogP contribution in [0.25, 0.3) is 0 Å². The van der Waals surface area contributed by atoms with Gasteiger partial charge in [-0.05, 0) is 32.8 Å². The van der Waals surface area contributed by atoms with Gasteiger partial charge >= 0.3 is 0 Å². The summed E-state index contributed by atoms with van der Waals surface area (Å²) in [5.74, 6) is 0.631. The number of hydrogen-bond donors (Lipinski definition) is 2. The average Bonchev–Trinajstić information content (AvgIpc) is 2.04. The van der Waals surface area contributed by atoms with Crippen LogP contribution in [0, 0.1) is 5.41 Å². The molecule has 0 saturated carbocycles. The summed E-state index contributed by atoms with van der Waals surface area (Å²) in [4.78, 5) is 2.09. The first-order valence-corrected chi connectivity index (χ1v) is 4.83. The smallest absolute Gasteiger partial charge is 0.120 e. The Labute approximate surface area is 80.1 Å². The Bertz CT molecular complexity index is 208. The normalized spacial score (nSPS) is 18.5. The van der Waals surface area contributed by atoms with Crippen LogP contribution in [0.2, 0.25) is 0 Å². The van der Waals surface area contributed by atoms with Crippen molar-refractivity contribution in [2.24, 2.45) is 5.73 Å². The topological polar surface area (TPSA) is 53.1 Å². The Morgan fingerprint density at radius 1 is 1.38 bits per heavy atom. The van der Waals surface area contributed by atoms with E-state index in [0.29, 0.717) is 11.9 Å². The summed E-state index contributed by atoms with van der Waals surface area (Å²) in [5, 5.41) is 7.79. The van der Waals surface area contributed by atoms with Crippen LogP contribution in [0.1, 0.15) is 26.7 Å². The lowest BCUT2D eigenvalue weighted by molar-refractivity contribution is 0.313. The number of nitrogens with one attached hydrogen (secondary N) is 1. The monoisotopic (exact) mass is 181 g/mol. The minimum absolute atomic E-state index is 0.343. The van der Waals surface area contributed by atoms with E-state index in [2.05, 4.69) is 4.90 Å². The fourth-order valence-corrected chi connectivity index (χ4v) is 1.51. The zero-order valence-electron chi connectivity index (χ0n) is 8.51. The zero-order chi connectivity index (χ0) is 9.84. The first kappa shape index (κ1) is 10.3. The second-order valence-electron chi connectivity index (χ2n) is 3.93. The maximum atomic E-state index is 7.79. The number of nitrogens with zero attached hydrogens (tertiary/aromatic N) is 1. The summed E-state index contributed by atoms with van der Waals surface area (Å²) in [7, 11) is 0. The van der Waals surface area contributed by atoms with E-state index >= 15 is 0 Å². The van der Waals surface area contributed by atoms with Crippen LogP contribution in [0.3, 0.4) is 0 Å². The van der Waals surface area contributed by atoms with E-state index in [-0.39, 0.29) is 0 Å². The third kappa shape index (κ3) is 3.19. The SMILES string of the molecule is CC(C)=CC(=N)N1CCC(N)CC1. The predicted molar refractivity (Wildman–Crippen MR) is 55.9 cm³/mol. The van der Waals surface area contributed by atoms with Crippen LogP contribution in [-0.4, -0.2) is 29.9 Å². The van der Waals surface area contributed by atoms with E-state index in [1.807, 2.05) is 19.9 Å². The van der Waals surface area contributed by atoms with Gasteiger partial charge in [0.15, 0.2) is 0 Å². The van der Waals surface area contributed by atoms with Crippen molar-refractivity contribution >= 4 is 5.84 Å². The van der Waals surface area contributed by atoms with Gasteiger partial charge in [0.1, 0.15) is 5.84 Å². The van der Waals surface area contributed by atoms with E-state index in [1.54, 1.807) is 0 Å². The van der Waals surface area contributed by atoms with Crippen LogP contribution >= 0.6 is 0 Å². The summed E-state index contributed by atoms with van der Waals surface area (Å²) in [6.07, 6.45) is 3.94. The Morgan fingerprint density at radius 3 is 2.38 bits per heavy atom. The molecule has 1 heterocycles. The van der Waals surface area contributed by atoms with Crippen molar-refractivity contribution in [3.8, 4) is 0 Å². The first-order chi connectivity index (χ1) is 6.09. The molecule has 0 spiro atoms. The number of amidine groups is 1. The predicted octanol–water partition coefficient (Wildman–Crippen LogP) is 1.35. The van der Waals surface area contributed by atoms with E-state index in [9.17, 15) is 0 Å². The fraction of sp³-hybridized carbons (Fsp3) is 0.700. The van der Waals surface area contributed by atoms with Gasteiger partial charge in [-0.25, -0.2) is 0 Å². The third-order valence-electron chi connectivity index (χ3n) is 2.31. The van der Waals surface area contributed by atoms with E-state index in [0.717, 1.165) is 25.9 Å². The van der Waals surface area contributed by atoms with Crippen molar-refractivity contribution in [2.75, 3.05) is 13.1 Å². The molecule has 1 aliphatic heterocycles. The molecule has 0 unspecified atom stereocenters. The van der Waals surface area contributed by atoms with E-state index in [1.165, 1.54) is 5.57 Å². The van der Waals surface area contributed by atoms with Gasteiger partial charge in [-0.15, -0.1) is 0 Å². The molecule has 0 aliphatic carbocycles. The molecule has 0 aromatic heterocycles. The molecule has 0 radical (unpaired) electrons. The summed E-state index contributed by atoms with van der Waals surface area (Å²) >= 11 is 0. The third-order valence-corrected chi connectivity index (χ3v) is 2.31. The molecular weight excluding hydrogens is 162 g/mol. The lowest BCUT2D eigenvalue weighted by atomic mass is 10.1. The standard InChI is InChI=1S/C10H19N3/c1-8(2)7-10(12)13-5-3-9(11)4-6-13/h7,9,12H,3-6,11H2,1-2H3. The number of hydrogen-bond acceptors (Lipinski definition) is 2. The average molecular weight is 181 g/mol.